The standard InChI is InChI=1S/C43H25N3S2/c1-2-9-29-24-30(21-18-26(29)8-1)27-16-19-28(20-17-27)41-44-42(31-22-23-38-35(25-31)32-10-3-5-13-36(32)47-38)46-43(45-41)34-12-7-15-39-40(34)33-11-4-6-14-37(33)48-39/h1-25H. The molecule has 10 aromatic rings. The predicted octanol–water partition coefficient (Wildman–Crippen LogP) is 12.4. The summed E-state index contributed by atoms with van der Waals surface area (Å²) in [4.78, 5) is 15.5. The van der Waals surface area contributed by atoms with Gasteiger partial charge in [0.05, 0.1) is 0 Å². The van der Waals surface area contributed by atoms with Crippen LogP contribution in [0, 0.1) is 0 Å². The third-order valence-electron chi connectivity index (χ3n) is 9.14. The Labute approximate surface area is 284 Å². The highest BCUT2D eigenvalue weighted by molar-refractivity contribution is 7.26. The van der Waals surface area contributed by atoms with Crippen molar-refractivity contribution in [2.45, 2.75) is 0 Å². The molecule has 0 aliphatic rings. The number of aromatic nitrogens is 3. The fraction of sp³-hybridized carbons (Fsp3) is 0. The van der Waals surface area contributed by atoms with Gasteiger partial charge in [0, 0.05) is 57.0 Å². The van der Waals surface area contributed by atoms with Crippen molar-refractivity contribution in [3.05, 3.63) is 152 Å². The average molecular weight is 648 g/mol. The lowest BCUT2D eigenvalue weighted by molar-refractivity contribution is 1.08. The van der Waals surface area contributed by atoms with Crippen molar-refractivity contribution >= 4 is 73.8 Å². The molecule has 0 saturated heterocycles. The zero-order valence-electron chi connectivity index (χ0n) is 25.6. The van der Waals surface area contributed by atoms with Crippen LogP contribution in [-0.4, -0.2) is 15.0 Å². The van der Waals surface area contributed by atoms with Crippen LogP contribution in [0.2, 0.25) is 0 Å². The van der Waals surface area contributed by atoms with Gasteiger partial charge in [-0.2, -0.15) is 0 Å². The monoisotopic (exact) mass is 647 g/mol. The Morgan fingerprint density at radius 1 is 0.333 bits per heavy atom. The number of nitrogens with zero attached hydrogens (tertiary/aromatic N) is 3. The maximum atomic E-state index is 5.19. The minimum absolute atomic E-state index is 0.659. The maximum Gasteiger partial charge on any atom is 0.164 e. The number of benzene rings is 7. The summed E-state index contributed by atoms with van der Waals surface area (Å²) in [6, 6.07) is 53.9. The van der Waals surface area contributed by atoms with Gasteiger partial charge >= 0.3 is 0 Å². The molecule has 5 heteroatoms. The number of hydrogen-bond donors (Lipinski definition) is 0. The number of rotatable bonds is 4. The van der Waals surface area contributed by atoms with Crippen LogP contribution in [0.4, 0.5) is 0 Å². The largest absolute Gasteiger partial charge is 0.208 e. The molecule has 0 aliphatic heterocycles. The number of fused-ring (bicyclic) bond motifs is 7. The molecule has 48 heavy (non-hydrogen) atoms. The van der Waals surface area contributed by atoms with E-state index in [-0.39, 0.29) is 0 Å². The number of hydrogen-bond acceptors (Lipinski definition) is 5. The third kappa shape index (κ3) is 4.51. The molecule has 3 aromatic heterocycles. The van der Waals surface area contributed by atoms with Gasteiger partial charge in [0.25, 0.3) is 0 Å². The van der Waals surface area contributed by atoms with Crippen LogP contribution in [0.3, 0.4) is 0 Å². The maximum absolute atomic E-state index is 5.19. The summed E-state index contributed by atoms with van der Waals surface area (Å²) in [5, 5.41) is 7.37. The first-order valence-corrected chi connectivity index (χ1v) is 17.6. The van der Waals surface area contributed by atoms with Crippen LogP contribution in [0.15, 0.2) is 152 Å². The summed E-state index contributed by atoms with van der Waals surface area (Å²) >= 11 is 3.62. The molecule has 0 bridgehead atoms. The Kier molecular flexibility index (Phi) is 6.22. The lowest BCUT2D eigenvalue weighted by atomic mass is 10.00. The molecule has 0 amide bonds. The van der Waals surface area contributed by atoms with Crippen LogP contribution in [0.25, 0.3) is 96.4 Å². The van der Waals surface area contributed by atoms with Gasteiger partial charge < -0.3 is 0 Å². The van der Waals surface area contributed by atoms with E-state index in [9.17, 15) is 0 Å². The molecule has 3 heterocycles. The van der Waals surface area contributed by atoms with Gasteiger partial charge in [-0.25, -0.2) is 15.0 Å². The van der Waals surface area contributed by atoms with Gasteiger partial charge in [0.15, 0.2) is 17.5 Å². The van der Waals surface area contributed by atoms with Crippen LogP contribution in [0.1, 0.15) is 0 Å². The normalized spacial score (nSPS) is 11.8. The fourth-order valence-electron chi connectivity index (χ4n) is 6.76. The van der Waals surface area contributed by atoms with E-state index < -0.39 is 0 Å². The SMILES string of the molecule is c1ccc2cc(-c3ccc(-c4nc(-c5ccc6sc7ccccc7c6c5)nc(-c5cccc6sc7ccccc7c56)n4)cc3)ccc2c1. The van der Waals surface area contributed by atoms with E-state index in [0.29, 0.717) is 17.5 Å². The van der Waals surface area contributed by atoms with Crippen molar-refractivity contribution in [1.29, 1.82) is 0 Å². The molecule has 0 atom stereocenters. The minimum Gasteiger partial charge on any atom is -0.208 e. The molecule has 3 nitrogen and oxygen atoms in total. The highest BCUT2D eigenvalue weighted by Crippen LogP contribution is 2.40. The van der Waals surface area contributed by atoms with Crippen molar-refractivity contribution in [1.82, 2.24) is 15.0 Å². The first kappa shape index (κ1) is 27.4. The van der Waals surface area contributed by atoms with E-state index >= 15 is 0 Å². The summed E-state index contributed by atoms with van der Waals surface area (Å²) in [6.07, 6.45) is 0. The van der Waals surface area contributed by atoms with Gasteiger partial charge in [-0.1, -0.05) is 109 Å². The lowest BCUT2D eigenvalue weighted by Crippen LogP contribution is -2.00. The average Bonchev–Trinajstić information content (AvgIpc) is 3.73. The van der Waals surface area contributed by atoms with Crippen LogP contribution in [0.5, 0.6) is 0 Å². The Morgan fingerprint density at radius 3 is 1.77 bits per heavy atom. The minimum atomic E-state index is 0.659. The Balaban J connectivity index is 1.16. The molecule has 0 saturated carbocycles. The first-order chi connectivity index (χ1) is 23.7. The molecule has 224 valence electrons. The van der Waals surface area contributed by atoms with Crippen molar-refractivity contribution in [2.75, 3.05) is 0 Å². The van der Waals surface area contributed by atoms with Gasteiger partial charge in [-0.05, 0) is 64.4 Å². The highest BCUT2D eigenvalue weighted by Gasteiger charge is 2.18. The van der Waals surface area contributed by atoms with Crippen LogP contribution in [-0.2, 0) is 0 Å². The van der Waals surface area contributed by atoms with Gasteiger partial charge in [0.1, 0.15) is 0 Å². The summed E-state index contributed by atoms with van der Waals surface area (Å²) in [6.45, 7) is 0. The highest BCUT2D eigenvalue weighted by atomic mass is 32.1. The molecule has 0 spiro atoms. The van der Waals surface area contributed by atoms with Crippen molar-refractivity contribution in [3.63, 3.8) is 0 Å². The summed E-state index contributed by atoms with van der Waals surface area (Å²) in [7, 11) is 0. The molecular weight excluding hydrogens is 623 g/mol. The first-order valence-electron chi connectivity index (χ1n) is 15.9. The van der Waals surface area contributed by atoms with Crippen LogP contribution >= 0.6 is 22.7 Å². The molecular formula is C43H25N3S2. The second kappa shape index (κ2) is 10.9. The molecule has 0 fully saturated rings. The second-order valence-corrected chi connectivity index (χ2v) is 14.2. The molecule has 0 N–H and O–H groups in total. The van der Waals surface area contributed by atoms with Gasteiger partial charge in [0.2, 0.25) is 0 Å². The van der Waals surface area contributed by atoms with E-state index in [4.69, 9.17) is 15.0 Å². The Morgan fingerprint density at radius 2 is 0.917 bits per heavy atom. The molecule has 0 radical (unpaired) electrons. The quantitative estimate of drug-likeness (QED) is 0.191. The van der Waals surface area contributed by atoms with E-state index in [1.54, 1.807) is 11.3 Å². The van der Waals surface area contributed by atoms with E-state index in [2.05, 4.69) is 152 Å². The van der Waals surface area contributed by atoms with Gasteiger partial charge in [-0.15, -0.1) is 22.7 Å². The van der Waals surface area contributed by atoms with Crippen molar-refractivity contribution in [2.24, 2.45) is 0 Å². The van der Waals surface area contributed by atoms with E-state index in [0.717, 1.165) is 22.3 Å². The van der Waals surface area contributed by atoms with Gasteiger partial charge in [-0.3, -0.25) is 0 Å². The second-order valence-electron chi connectivity index (χ2n) is 12.0. The molecule has 0 unspecified atom stereocenters. The Bertz CT molecular complexity index is 2850. The van der Waals surface area contributed by atoms with Crippen LogP contribution < -0.4 is 0 Å². The van der Waals surface area contributed by atoms with Crippen molar-refractivity contribution < 1.29 is 0 Å². The zero-order valence-corrected chi connectivity index (χ0v) is 27.2. The summed E-state index contributed by atoms with van der Waals surface area (Å²) < 4.78 is 5.02. The number of thiophene rings is 2. The lowest BCUT2D eigenvalue weighted by Gasteiger charge is -2.10. The third-order valence-corrected chi connectivity index (χ3v) is 11.4. The van der Waals surface area contributed by atoms with Crippen molar-refractivity contribution in [3.8, 4) is 45.3 Å². The Hall–Kier alpha value is -5.75. The van der Waals surface area contributed by atoms with E-state index in [1.165, 1.54) is 56.7 Å². The topological polar surface area (TPSA) is 38.7 Å². The fourth-order valence-corrected chi connectivity index (χ4v) is 8.98. The van der Waals surface area contributed by atoms with E-state index in [1.807, 2.05) is 11.3 Å². The molecule has 10 rings (SSSR count). The molecule has 0 aliphatic carbocycles. The zero-order chi connectivity index (χ0) is 31.6. The molecule has 7 aromatic carbocycles. The summed E-state index contributed by atoms with van der Waals surface area (Å²) in [5.41, 5.74) is 5.29. The predicted molar refractivity (Wildman–Crippen MR) is 205 cm³/mol. The smallest absolute Gasteiger partial charge is 0.164 e. The summed E-state index contributed by atoms with van der Waals surface area (Å²) in [5.74, 6) is 2.01.